The van der Waals surface area contributed by atoms with Crippen molar-refractivity contribution in [2.24, 2.45) is 5.14 Å². The molecule has 0 fully saturated rings. The molecule has 204 valence electrons. The summed E-state index contributed by atoms with van der Waals surface area (Å²) >= 11 is 0. The highest BCUT2D eigenvalue weighted by atomic mass is 32.2. The van der Waals surface area contributed by atoms with E-state index >= 15 is 0 Å². The van der Waals surface area contributed by atoms with Crippen molar-refractivity contribution in [3.8, 4) is 11.3 Å². The van der Waals surface area contributed by atoms with E-state index < -0.39 is 28.8 Å². The first-order chi connectivity index (χ1) is 18.4. The number of primary sulfonamides is 1. The Labute approximate surface area is 220 Å². The van der Waals surface area contributed by atoms with E-state index in [1.54, 1.807) is 36.4 Å². The highest BCUT2D eigenvalue weighted by molar-refractivity contribution is 7.89. The maximum absolute atomic E-state index is 13.0. The summed E-state index contributed by atoms with van der Waals surface area (Å²) in [6, 6.07) is 15.6. The molecule has 0 unspecified atom stereocenters. The zero-order chi connectivity index (χ0) is 28.2. The Balaban J connectivity index is 1.62. The molecule has 4 aromatic rings. The van der Waals surface area contributed by atoms with E-state index in [1.165, 1.54) is 31.4 Å². The van der Waals surface area contributed by atoms with Crippen LogP contribution in [-0.2, 0) is 21.3 Å². The van der Waals surface area contributed by atoms with Gasteiger partial charge >= 0.3 is 12.3 Å². The second-order valence-corrected chi connectivity index (χ2v) is 9.73. The number of pyridine rings is 1. The van der Waals surface area contributed by atoms with E-state index in [2.05, 4.69) is 35.6 Å². The highest BCUT2D eigenvalue weighted by Crippen LogP contribution is 2.27. The van der Waals surface area contributed by atoms with E-state index in [0.29, 0.717) is 22.5 Å². The molecule has 2 aromatic heterocycles. The topological polar surface area (TPSA) is 161 Å². The second kappa shape index (κ2) is 11.1. The predicted molar refractivity (Wildman–Crippen MR) is 138 cm³/mol. The number of ether oxygens (including phenoxy) is 1. The lowest BCUT2D eigenvalue weighted by Gasteiger charge is -2.14. The fourth-order valence-corrected chi connectivity index (χ4v) is 3.95. The molecule has 0 aliphatic heterocycles. The van der Waals surface area contributed by atoms with E-state index in [0.717, 1.165) is 0 Å². The fraction of sp³-hybridized carbons (Fsp3) is 0.167. The van der Waals surface area contributed by atoms with Gasteiger partial charge in [-0.05, 0) is 42.0 Å². The minimum atomic E-state index is -4.50. The average Bonchev–Trinajstić information content (AvgIpc) is 2.90. The number of rotatable bonds is 8. The van der Waals surface area contributed by atoms with Gasteiger partial charge in [-0.3, -0.25) is 5.32 Å². The van der Waals surface area contributed by atoms with Crippen LogP contribution < -0.4 is 21.1 Å². The van der Waals surface area contributed by atoms with Gasteiger partial charge in [-0.25, -0.2) is 28.3 Å². The van der Waals surface area contributed by atoms with Crippen molar-refractivity contribution in [1.29, 1.82) is 0 Å². The molecule has 39 heavy (non-hydrogen) atoms. The SMILES string of the molecule is COC(=O)Nc1ccc(-c2ccc3nc(NCc4ccc(S(N)(=O)=O)cc4)nc(NCC(F)(F)F)c3n2)cc1. The van der Waals surface area contributed by atoms with Gasteiger partial charge in [0.15, 0.2) is 5.82 Å². The number of aromatic nitrogens is 3. The number of halogens is 3. The number of amides is 1. The summed E-state index contributed by atoms with van der Waals surface area (Å²) in [5.41, 5.74) is 2.64. The van der Waals surface area contributed by atoms with Crippen molar-refractivity contribution in [1.82, 2.24) is 15.0 Å². The smallest absolute Gasteiger partial charge is 0.411 e. The number of nitrogens with two attached hydrogens (primary N) is 1. The number of alkyl halides is 3. The van der Waals surface area contributed by atoms with Gasteiger partial charge in [0.05, 0.1) is 23.2 Å². The summed E-state index contributed by atoms with van der Waals surface area (Å²) in [6.07, 6.45) is -5.13. The monoisotopic (exact) mass is 561 g/mol. The first kappa shape index (κ1) is 27.5. The van der Waals surface area contributed by atoms with Crippen LogP contribution in [0.5, 0.6) is 0 Å². The third kappa shape index (κ3) is 7.30. The normalized spacial score (nSPS) is 11.7. The summed E-state index contributed by atoms with van der Waals surface area (Å²) in [5.74, 6) is -0.0919. The number of sulfonamides is 1. The van der Waals surface area contributed by atoms with E-state index in [-0.39, 0.29) is 34.2 Å². The van der Waals surface area contributed by atoms with Crippen molar-refractivity contribution >= 4 is 44.6 Å². The van der Waals surface area contributed by atoms with E-state index in [9.17, 15) is 26.4 Å². The van der Waals surface area contributed by atoms with Gasteiger partial charge in [-0.1, -0.05) is 24.3 Å². The molecule has 4 rings (SSSR count). The molecule has 0 radical (unpaired) electrons. The first-order valence-electron chi connectivity index (χ1n) is 11.2. The Morgan fingerprint density at radius 2 is 1.64 bits per heavy atom. The number of methoxy groups -OCH3 is 1. The predicted octanol–water partition coefficient (Wildman–Crippen LogP) is 4.10. The van der Waals surface area contributed by atoms with Crippen LogP contribution in [0.15, 0.2) is 65.6 Å². The third-order valence-corrected chi connectivity index (χ3v) is 6.24. The lowest BCUT2D eigenvalue weighted by Crippen LogP contribution is -2.22. The van der Waals surface area contributed by atoms with Crippen LogP contribution in [0.1, 0.15) is 5.56 Å². The van der Waals surface area contributed by atoms with Crippen molar-refractivity contribution < 1.29 is 31.1 Å². The third-order valence-electron chi connectivity index (χ3n) is 5.31. The lowest BCUT2D eigenvalue weighted by molar-refractivity contribution is -0.115. The molecule has 0 saturated heterocycles. The van der Waals surface area contributed by atoms with Crippen molar-refractivity contribution in [3.05, 3.63) is 66.2 Å². The number of benzene rings is 2. The summed E-state index contributed by atoms with van der Waals surface area (Å²) in [6.45, 7) is -1.18. The largest absolute Gasteiger partial charge is 0.453 e. The second-order valence-electron chi connectivity index (χ2n) is 8.17. The van der Waals surface area contributed by atoms with E-state index in [1.807, 2.05) is 0 Å². The number of nitrogens with zero attached hydrogens (tertiary/aromatic N) is 3. The number of nitrogens with one attached hydrogen (secondary N) is 3. The molecule has 2 heterocycles. The Hall–Kier alpha value is -4.50. The summed E-state index contributed by atoms with van der Waals surface area (Å²) < 4.78 is 66.4. The molecule has 0 spiro atoms. The average molecular weight is 562 g/mol. The van der Waals surface area contributed by atoms with Gasteiger partial charge in [-0.15, -0.1) is 0 Å². The molecular weight excluding hydrogens is 539 g/mol. The molecule has 11 nitrogen and oxygen atoms in total. The number of hydrogen-bond acceptors (Lipinski definition) is 9. The van der Waals surface area contributed by atoms with Crippen LogP contribution in [0.4, 0.5) is 35.4 Å². The Morgan fingerprint density at radius 3 is 2.26 bits per heavy atom. The van der Waals surface area contributed by atoms with Gasteiger partial charge in [0.1, 0.15) is 12.1 Å². The summed E-state index contributed by atoms with van der Waals surface area (Å²) in [5, 5.41) is 12.8. The first-order valence-corrected chi connectivity index (χ1v) is 12.8. The number of hydrogen-bond donors (Lipinski definition) is 4. The number of anilines is 3. The van der Waals surface area contributed by atoms with Crippen molar-refractivity contribution in [2.45, 2.75) is 17.6 Å². The van der Waals surface area contributed by atoms with Crippen LogP contribution in [0.3, 0.4) is 0 Å². The zero-order valence-corrected chi connectivity index (χ0v) is 21.1. The molecule has 0 saturated carbocycles. The fourth-order valence-electron chi connectivity index (χ4n) is 3.43. The Morgan fingerprint density at radius 1 is 0.949 bits per heavy atom. The molecule has 0 atom stereocenters. The van der Waals surface area contributed by atoms with Crippen molar-refractivity contribution in [2.75, 3.05) is 29.6 Å². The molecule has 0 aliphatic rings. The van der Waals surface area contributed by atoms with Crippen LogP contribution >= 0.6 is 0 Å². The van der Waals surface area contributed by atoms with Crippen LogP contribution in [-0.4, -0.2) is 49.3 Å². The van der Waals surface area contributed by atoms with Crippen LogP contribution in [0.25, 0.3) is 22.3 Å². The standard InChI is InChI=1S/C24H22F3N7O4S/c1-38-23(35)31-16-6-4-15(5-7-16)18-10-11-19-20(32-18)21(30-13-24(25,26)27)34-22(33-19)29-12-14-2-8-17(9-3-14)39(28,36)37/h2-11H,12-13H2,1H3,(H,31,35)(H2,28,36,37)(H2,29,30,33,34). The minimum absolute atomic E-state index is 0.0375. The Kier molecular flexibility index (Phi) is 7.83. The minimum Gasteiger partial charge on any atom is -0.453 e. The zero-order valence-electron chi connectivity index (χ0n) is 20.3. The molecule has 15 heteroatoms. The maximum Gasteiger partial charge on any atom is 0.411 e. The molecular formula is C24H22F3N7O4S. The lowest BCUT2D eigenvalue weighted by atomic mass is 10.1. The molecule has 0 bridgehead atoms. The van der Waals surface area contributed by atoms with Gasteiger partial charge < -0.3 is 15.4 Å². The summed E-state index contributed by atoms with van der Waals surface area (Å²) in [7, 11) is -2.60. The molecule has 5 N–H and O–H groups in total. The number of carbonyl (C=O) groups is 1. The number of fused-ring (bicyclic) bond motifs is 1. The van der Waals surface area contributed by atoms with Crippen molar-refractivity contribution in [3.63, 3.8) is 0 Å². The quantitative estimate of drug-likeness (QED) is 0.248. The number of carbonyl (C=O) groups excluding carboxylic acids is 1. The van der Waals surface area contributed by atoms with Gasteiger partial charge in [0.2, 0.25) is 16.0 Å². The Bertz CT molecular complexity index is 1600. The van der Waals surface area contributed by atoms with Crippen LogP contribution in [0.2, 0.25) is 0 Å². The highest BCUT2D eigenvalue weighted by Gasteiger charge is 2.27. The maximum atomic E-state index is 13.0. The van der Waals surface area contributed by atoms with E-state index in [4.69, 9.17) is 5.14 Å². The molecule has 2 aromatic carbocycles. The van der Waals surface area contributed by atoms with Gasteiger partial charge in [0.25, 0.3) is 0 Å². The van der Waals surface area contributed by atoms with Crippen LogP contribution in [0, 0.1) is 0 Å². The molecule has 1 amide bonds. The summed E-state index contributed by atoms with van der Waals surface area (Å²) in [4.78, 5) is 24.4. The molecule has 0 aliphatic carbocycles. The van der Waals surface area contributed by atoms with Gasteiger partial charge in [-0.2, -0.15) is 18.2 Å². The van der Waals surface area contributed by atoms with Gasteiger partial charge in [0, 0.05) is 17.8 Å².